The number of ether oxygens (including phenoxy) is 1. The molecule has 1 unspecified atom stereocenters. The monoisotopic (exact) mass is 360 g/mol. The molecule has 7 heteroatoms. The van der Waals surface area contributed by atoms with E-state index in [0.29, 0.717) is 17.1 Å². The highest BCUT2D eigenvalue weighted by atomic mass is 16.5. The Hall–Kier alpha value is -2.83. The molecular weight excluding hydrogens is 336 g/mol. The van der Waals surface area contributed by atoms with Gasteiger partial charge in [0.1, 0.15) is 11.5 Å². The molecule has 1 aromatic heterocycles. The summed E-state index contributed by atoms with van der Waals surface area (Å²) in [6.45, 7) is 7.48. The number of hydrogen-bond acceptors (Lipinski definition) is 5. The van der Waals surface area contributed by atoms with Crippen molar-refractivity contribution in [1.29, 1.82) is 0 Å². The molecule has 2 N–H and O–H groups in total. The van der Waals surface area contributed by atoms with Gasteiger partial charge in [0.15, 0.2) is 5.69 Å². The van der Waals surface area contributed by atoms with Gasteiger partial charge in [-0.2, -0.15) is 0 Å². The molecule has 0 bridgehead atoms. The normalized spacial score (nSPS) is 13.7. The smallest absolute Gasteiger partial charge is 0.306 e. The van der Waals surface area contributed by atoms with Crippen molar-refractivity contribution in [1.82, 2.24) is 10.5 Å². The molecule has 0 radical (unpaired) electrons. The largest absolute Gasteiger partial charge is 0.497 e. The predicted octanol–water partition coefficient (Wildman–Crippen LogP) is 3.10. The van der Waals surface area contributed by atoms with Crippen molar-refractivity contribution in [3.05, 3.63) is 47.3 Å². The van der Waals surface area contributed by atoms with E-state index in [1.54, 1.807) is 37.3 Å². The summed E-state index contributed by atoms with van der Waals surface area (Å²) in [4.78, 5) is 24.0. The molecule has 1 atom stereocenters. The van der Waals surface area contributed by atoms with Crippen LogP contribution < -0.4 is 10.1 Å². The van der Waals surface area contributed by atoms with Gasteiger partial charge in [-0.1, -0.05) is 38.1 Å². The lowest BCUT2D eigenvalue weighted by atomic mass is 9.88. The topological polar surface area (TPSA) is 102 Å². The Labute approximate surface area is 152 Å². The van der Waals surface area contributed by atoms with Crippen molar-refractivity contribution in [2.45, 2.75) is 45.1 Å². The summed E-state index contributed by atoms with van der Waals surface area (Å²) in [5.41, 5.74) is -0.706. The Morgan fingerprint density at radius 3 is 2.46 bits per heavy atom. The molecule has 0 saturated heterocycles. The van der Waals surface area contributed by atoms with Gasteiger partial charge in [-0.25, -0.2) is 0 Å². The predicted molar refractivity (Wildman–Crippen MR) is 95.3 cm³/mol. The number of amides is 1. The summed E-state index contributed by atoms with van der Waals surface area (Å²) in [5, 5.41) is 15.9. The SMILES string of the molecule is COc1cccc(C(C)(CC(=O)O)NC(=O)c2cc(C(C)(C)C)on2)c1. The molecule has 1 aromatic carbocycles. The lowest BCUT2D eigenvalue weighted by Crippen LogP contribution is -2.45. The van der Waals surface area contributed by atoms with Crippen LogP contribution in [0.2, 0.25) is 0 Å². The van der Waals surface area contributed by atoms with Crippen molar-refractivity contribution in [2.24, 2.45) is 0 Å². The van der Waals surface area contributed by atoms with Gasteiger partial charge in [-0.15, -0.1) is 0 Å². The second-order valence-electron chi connectivity index (χ2n) is 7.42. The van der Waals surface area contributed by atoms with Crippen LogP contribution in [0.25, 0.3) is 0 Å². The summed E-state index contributed by atoms with van der Waals surface area (Å²) in [5.74, 6) is -0.393. The average Bonchev–Trinajstić information content (AvgIpc) is 3.04. The van der Waals surface area contributed by atoms with Crippen LogP contribution in [0.5, 0.6) is 5.75 Å². The Balaban J connectivity index is 2.33. The zero-order chi connectivity index (χ0) is 19.5. The molecule has 2 rings (SSSR count). The fraction of sp³-hybridized carbons (Fsp3) is 0.421. The van der Waals surface area contributed by atoms with Crippen LogP contribution in [0.1, 0.15) is 55.9 Å². The fourth-order valence-corrected chi connectivity index (χ4v) is 2.54. The maximum absolute atomic E-state index is 12.7. The van der Waals surface area contributed by atoms with E-state index in [1.807, 2.05) is 20.8 Å². The molecule has 1 heterocycles. The quantitative estimate of drug-likeness (QED) is 0.821. The van der Waals surface area contributed by atoms with Crippen molar-refractivity contribution in [2.75, 3.05) is 7.11 Å². The van der Waals surface area contributed by atoms with Crippen molar-refractivity contribution in [3.8, 4) is 5.75 Å². The first kappa shape index (κ1) is 19.5. The highest BCUT2D eigenvalue weighted by Gasteiger charge is 2.33. The third kappa shape index (κ3) is 4.41. The molecule has 1 amide bonds. The molecule has 140 valence electrons. The first-order chi connectivity index (χ1) is 12.0. The number of carboxylic acids is 1. The summed E-state index contributed by atoms with van der Waals surface area (Å²) in [7, 11) is 1.52. The van der Waals surface area contributed by atoms with Crippen LogP contribution in [0.15, 0.2) is 34.9 Å². The van der Waals surface area contributed by atoms with Crippen LogP contribution in [-0.4, -0.2) is 29.2 Å². The van der Waals surface area contributed by atoms with E-state index < -0.39 is 17.4 Å². The number of nitrogens with one attached hydrogen (secondary N) is 1. The number of nitrogens with zero attached hydrogens (tertiary/aromatic N) is 1. The van der Waals surface area contributed by atoms with E-state index in [0.717, 1.165) is 0 Å². The maximum Gasteiger partial charge on any atom is 0.306 e. The van der Waals surface area contributed by atoms with Crippen molar-refractivity contribution >= 4 is 11.9 Å². The molecule has 0 aliphatic rings. The van der Waals surface area contributed by atoms with Crippen LogP contribution in [0, 0.1) is 0 Å². The molecule has 0 saturated carbocycles. The van der Waals surface area contributed by atoms with Gasteiger partial charge in [-0.05, 0) is 24.6 Å². The minimum absolute atomic E-state index is 0.106. The molecule has 2 aromatic rings. The van der Waals surface area contributed by atoms with Gasteiger partial charge in [0.05, 0.1) is 19.1 Å². The number of carbonyl (C=O) groups excluding carboxylic acids is 1. The van der Waals surface area contributed by atoms with Gasteiger partial charge in [0.25, 0.3) is 5.91 Å². The lowest BCUT2D eigenvalue weighted by molar-refractivity contribution is -0.138. The van der Waals surface area contributed by atoms with E-state index in [2.05, 4.69) is 10.5 Å². The molecule has 0 aliphatic carbocycles. The highest BCUT2D eigenvalue weighted by molar-refractivity contribution is 5.93. The van der Waals surface area contributed by atoms with Crippen molar-refractivity contribution in [3.63, 3.8) is 0 Å². The van der Waals surface area contributed by atoms with E-state index in [9.17, 15) is 14.7 Å². The summed E-state index contributed by atoms with van der Waals surface area (Å²) >= 11 is 0. The molecule has 26 heavy (non-hydrogen) atoms. The third-order valence-electron chi connectivity index (χ3n) is 4.08. The average molecular weight is 360 g/mol. The Morgan fingerprint density at radius 1 is 1.23 bits per heavy atom. The number of benzene rings is 1. The Bertz CT molecular complexity index is 806. The van der Waals surface area contributed by atoms with Gasteiger partial charge < -0.3 is 19.7 Å². The standard InChI is InChI=1S/C19H24N2O5/c1-18(2,3)15-10-14(21-26-15)17(24)20-19(4,11-16(22)23)12-7-6-8-13(9-12)25-5/h6-10H,11H2,1-5H3,(H,20,24)(H,22,23). The van der Waals surface area contributed by atoms with Gasteiger partial charge >= 0.3 is 5.97 Å². The lowest BCUT2D eigenvalue weighted by Gasteiger charge is -2.30. The van der Waals surface area contributed by atoms with Crippen LogP contribution in [-0.2, 0) is 15.7 Å². The van der Waals surface area contributed by atoms with Gasteiger partial charge in [0.2, 0.25) is 0 Å². The van der Waals surface area contributed by atoms with E-state index in [-0.39, 0.29) is 17.5 Å². The van der Waals surface area contributed by atoms with Gasteiger partial charge in [0, 0.05) is 11.5 Å². The number of aliphatic carboxylic acids is 1. The second-order valence-corrected chi connectivity index (χ2v) is 7.42. The zero-order valence-corrected chi connectivity index (χ0v) is 15.6. The molecule has 0 spiro atoms. The molecule has 7 nitrogen and oxygen atoms in total. The fourth-order valence-electron chi connectivity index (χ4n) is 2.54. The number of methoxy groups -OCH3 is 1. The van der Waals surface area contributed by atoms with Crippen molar-refractivity contribution < 1.29 is 24.0 Å². The van der Waals surface area contributed by atoms with Crippen LogP contribution >= 0.6 is 0 Å². The second kappa shape index (κ2) is 7.19. The van der Waals surface area contributed by atoms with E-state index in [4.69, 9.17) is 9.26 Å². The first-order valence-electron chi connectivity index (χ1n) is 8.21. The molecular formula is C19H24N2O5. The number of rotatable bonds is 6. The van der Waals surface area contributed by atoms with Crippen LogP contribution in [0.3, 0.4) is 0 Å². The minimum atomic E-state index is -1.14. The summed E-state index contributed by atoms with van der Waals surface area (Å²) < 4.78 is 10.4. The Kier molecular flexibility index (Phi) is 5.39. The van der Waals surface area contributed by atoms with E-state index in [1.165, 1.54) is 7.11 Å². The van der Waals surface area contributed by atoms with Gasteiger partial charge in [-0.3, -0.25) is 9.59 Å². The maximum atomic E-state index is 12.7. The molecule has 0 fully saturated rings. The Morgan fingerprint density at radius 2 is 1.92 bits per heavy atom. The third-order valence-corrected chi connectivity index (χ3v) is 4.08. The highest BCUT2D eigenvalue weighted by Crippen LogP contribution is 2.29. The van der Waals surface area contributed by atoms with E-state index >= 15 is 0 Å². The summed E-state index contributed by atoms with van der Waals surface area (Å²) in [6, 6.07) is 8.51. The number of aromatic nitrogens is 1. The zero-order valence-electron chi connectivity index (χ0n) is 15.6. The number of carbonyl (C=O) groups is 2. The van der Waals surface area contributed by atoms with Crippen LogP contribution in [0.4, 0.5) is 0 Å². The minimum Gasteiger partial charge on any atom is -0.497 e. The number of carboxylic acid groups (broad SMARTS) is 1. The summed E-state index contributed by atoms with van der Waals surface area (Å²) in [6.07, 6.45) is -0.296. The first-order valence-corrected chi connectivity index (χ1v) is 8.21. The number of hydrogen-bond donors (Lipinski definition) is 2. The molecule has 0 aliphatic heterocycles.